The lowest BCUT2D eigenvalue weighted by Gasteiger charge is -2.27. The number of esters is 1. The van der Waals surface area contributed by atoms with Crippen LogP contribution in [-0.2, 0) is 22.4 Å². The smallest absolute Gasteiger partial charge is 0.344 e. The largest absolute Gasteiger partial charge is 0.482 e. The number of carbonyl (C=O) groups is 1. The van der Waals surface area contributed by atoms with Crippen molar-refractivity contribution in [2.24, 2.45) is 0 Å². The second-order valence-electron chi connectivity index (χ2n) is 7.06. The molecule has 2 aromatic rings. The number of fused-ring (bicyclic) bond motifs is 1. The van der Waals surface area contributed by atoms with Crippen molar-refractivity contribution in [1.29, 1.82) is 0 Å². The number of carbonyl (C=O) groups excluding carboxylic acids is 1. The summed E-state index contributed by atoms with van der Waals surface area (Å²) < 4.78 is 23.7. The number of halogens is 3. The number of rotatable bonds is 8. The molecule has 0 aromatic heterocycles. The lowest BCUT2D eigenvalue weighted by Crippen LogP contribution is -2.37. The summed E-state index contributed by atoms with van der Waals surface area (Å²) in [4.78, 5) is 11.5. The van der Waals surface area contributed by atoms with E-state index in [0.29, 0.717) is 24.5 Å². The van der Waals surface area contributed by atoms with Crippen LogP contribution in [0.1, 0.15) is 36.1 Å². The Kier molecular flexibility index (Phi) is 9.37. The summed E-state index contributed by atoms with van der Waals surface area (Å²) in [6.07, 6.45) is 1.90. The van der Waals surface area contributed by atoms with Crippen molar-refractivity contribution in [2.75, 3.05) is 19.8 Å². The SMILES string of the molecule is CCOC(=O)COc1ccc2c(c1)C[C@@H](NC[C@@H](O)c1ccc(F)c(Cl)c1)CC2.Cl. The minimum atomic E-state index is -0.770. The number of ether oxygens (including phenoxy) is 2. The molecule has 0 aliphatic heterocycles. The van der Waals surface area contributed by atoms with Gasteiger partial charge < -0.3 is 19.9 Å². The number of aliphatic hydroxyl groups is 1. The van der Waals surface area contributed by atoms with Gasteiger partial charge in [0.05, 0.1) is 17.7 Å². The van der Waals surface area contributed by atoms with Crippen molar-refractivity contribution in [2.45, 2.75) is 38.3 Å². The molecular weight excluding hydrogens is 432 g/mol. The van der Waals surface area contributed by atoms with Crippen molar-refractivity contribution in [3.63, 3.8) is 0 Å². The van der Waals surface area contributed by atoms with Gasteiger partial charge in [0.25, 0.3) is 0 Å². The Bertz CT molecular complexity index is 865. The molecule has 3 rings (SSSR count). The molecule has 0 spiro atoms. The van der Waals surface area contributed by atoms with Gasteiger partial charge in [-0.05, 0) is 67.1 Å². The van der Waals surface area contributed by atoms with E-state index in [-0.39, 0.29) is 36.0 Å². The summed E-state index contributed by atoms with van der Waals surface area (Å²) in [7, 11) is 0. The molecule has 0 radical (unpaired) electrons. The van der Waals surface area contributed by atoms with Gasteiger partial charge in [-0.1, -0.05) is 23.7 Å². The molecule has 2 aromatic carbocycles. The van der Waals surface area contributed by atoms with E-state index in [1.807, 2.05) is 18.2 Å². The fourth-order valence-electron chi connectivity index (χ4n) is 3.46. The van der Waals surface area contributed by atoms with Crippen molar-refractivity contribution in [1.82, 2.24) is 5.32 Å². The zero-order valence-electron chi connectivity index (χ0n) is 16.7. The molecule has 0 saturated carbocycles. The maximum Gasteiger partial charge on any atom is 0.344 e. The number of aliphatic hydroxyl groups excluding tert-OH is 1. The van der Waals surface area contributed by atoms with E-state index in [9.17, 15) is 14.3 Å². The molecule has 2 N–H and O–H groups in total. The van der Waals surface area contributed by atoms with E-state index < -0.39 is 11.9 Å². The van der Waals surface area contributed by atoms with Gasteiger partial charge in [-0.3, -0.25) is 0 Å². The Morgan fingerprint density at radius 2 is 2.10 bits per heavy atom. The van der Waals surface area contributed by atoms with Crippen LogP contribution in [0.15, 0.2) is 36.4 Å². The molecule has 5 nitrogen and oxygen atoms in total. The predicted octanol–water partition coefficient (Wildman–Crippen LogP) is 4.02. The molecule has 30 heavy (non-hydrogen) atoms. The molecule has 0 bridgehead atoms. The van der Waals surface area contributed by atoms with E-state index in [1.54, 1.807) is 6.92 Å². The van der Waals surface area contributed by atoms with Crippen LogP contribution in [0.2, 0.25) is 5.02 Å². The van der Waals surface area contributed by atoms with Crippen molar-refractivity contribution in [3.8, 4) is 5.75 Å². The minimum absolute atomic E-state index is 0. The first-order valence-corrected chi connectivity index (χ1v) is 10.1. The monoisotopic (exact) mass is 457 g/mol. The average molecular weight is 458 g/mol. The third-order valence-corrected chi connectivity index (χ3v) is 5.29. The quantitative estimate of drug-likeness (QED) is 0.585. The Morgan fingerprint density at radius 1 is 1.30 bits per heavy atom. The molecule has 0 heterocycles. The first-order chi connectivity index (χ1) is 14.0. The van der Waals surface area contributed by atoms with Crippen molar-refractivity contribution >= 4 is 30.0 Å². The van der Waals surface area contributed by atoms with E-state index in [1.165, 1.54) is 23.8 Å². The van der Waals surface area contributed by atoms with E-state index in [2.05, 4.69) is 5.32 Å². The highest BCUT2D eigenvalue weighted by atomic mass is 35.5. The number of nitrogens with one attached hydrogen (secondary N) is 1. The van der Waals surface area contributed by atoms with E-state index in [0.717, 1.165) is 24.8 Å². The Balaban J connectivity index is 0.00000320. The second-order valence-corrected chi connectivity index (χ2v) is 7.47. The second kappa shape index (κ2) is 11.5. The van der Waals surface area contributed by atoms with Crippen LogP contribution in [0.5, 0.6) is 5.75 Å². The third-order valence-electron chi connectivity index (χ3n) is 5.00. The highest BCUT2D eigenvalue weighted by molar-refractivity contribution is 6.30. The topological polar surface area (TPSA) is 67.8 Å². The third kappa shape index (κ3) is 6.57. The average Bonchev–Trinajstić information content (AvgIpc) is 2.72. The molecule has 164 valence electrons. The van der Waals surface area contributed by atoms with Gasteiger partial charge >= 0.3 is 5.97 Å². The maximum absolute atomic E-state index is 13.3. The van der Waals surface area contributed by atoms with Gasteiger partial charge in [0.2, 0.25) is 0 Å². The Hall–Kier alpha value is -1.86. The van der Waals surface area contributed by atoms with E-state index >= 15 is 0 Å². The fraction of sp³-hybridized carbons (Fsp3) is 0.409. The maximum atomic E-state index is 13.3. The summed E-state index contributed by atoms with van der Waals surface area (Å²) >= 11 is 5.79. The van der Waals surface area contributed by atoms with Gasteiger partial charge in [-0.2, -0.15) is 0 Å². The van der Waals surface area contributed by atoms with Crippen LogP contribution in [0.3, 0.4) is 0 Å². The van der Waals surface area contributed by atoms with Crippen LogP contribution < -0.4 is 10.1 Å². The Morgan fingerprint density at radius 3 is 2.83 bits per heavy atom. The zero-order chi connectivity index (χ0) is 20.8. The lowest BCUT2D eigenvalue weighted by molar-refractivity contribution is -0.145. The summed E-state index contributed by atoms with van der Waals surface area (Å²) in [5.41, 5.74) is 3.00. The van der Waals surface area contributed by atoms with Crippen LogP contribution in [0.25, 0.3) is 0 Å². The summed E-state index contributed by atoms with van der Waals surface area (Å²) in [5, 5.41) is 13.7. The van der Waals surface area contributed by atoms with Gasteiger partial charge in [0.15, 0.2) is 6.61 Å². The van der Waals surface area contributed by atoms with Gasteiger partial charge in [0.1, 0.15) is 11.6 Å². The van der Waals surface area contributed by atoms with Crippen LogP contribution in [0, 0.1) is 5.82 Å². The van der Waals surface area contributed by atoms with Gasteiger partial charge in [0, 0.05) is 12.6 Å². The molecule has 1 aliphatic rings. The number of benzene rings is 2. The van der Waals surface area contributed by atoms with Crippen molar-refractivity contribution in [3.05, 3.63) is 63.9 Å². The standard InChI is InChI=1S/C22H25ClFNO4.ClH/c1-2-28-22(27)13-29-18-7-4-14-3-6-17(9-16(14)10-18)25-12-21(26)15-5-8-20(24)19(23)11-15;/h4-5,7-8,10-11,17,21,25-26H,2-3,6,9,12-13H2,1H3;1H/t17-,21+;/m0./s1. The molecule has 1 aliphatic carbocycles. The van der Waals surface area contributed by atoms with Crippen LogP contribution in [-0.4, -0.2) is 36.9 Å². The zero-order valence-corrected chi connectivity index (χ0v) is 18.3. The first kappa shape index (κ1) is 24.4. The minimum Gasteiger partial charge on any atom is -0.482 e. The first-order valence-electron chi connectivity index (χ1n) is 9.73. The predicted molar refractivity (Wildman–Crippen MR) is 116 cm³/mol. The van der Waals surface area contributed by atoms with E-state index in [4.69, 9.17) is 21.1 Å². The number of aryl methyl sites for hydroxylation is 1. The van der Waals surface area contributed by atoms with Crippen molar-refractivity contribution < 1.29 is 23.8 Å². The lowest BCUT2D eigenvalue weighted by atomic mass is 9.88. The highest BCUT2D eigenvalue weighted by Crippen LogP contribution is 2.26. The highest BCUT2D eigenvalue weighted by Gasteiger charge is 2.20. The van der Waals surface area contributed by atoms with Gasteiger partial charge in [-0.25, -0.2) is 9.18 Å². The number of hydrogen-bond donors (Lipinski definition) is 2. The van der Waals surface area contributed by atoms with Crippen LogP contribution in [0.4, 0.5) is 4.39 Å². The molecular formula is C22H26Cl2FNO4. The number of hydrogen-bond acceptors (Lipinski definition) is 5. The fourth-order valence-corrected chi connectivity index (χ4v) is 3.65. The molecule has 0 unspecified atom stereocenters. The molecule has 0 amide bonds. The molecule has 2 atom stereocenters. The van der Waals surface area contributed by atoms with Gasteiger partial charge in [-0.15, -0.1) is 12.4 Å². The van der Waals surface area contributed by atoms with Crippen LogP contribution >= 0.6 is 24.0 Å². The summed E-state index contributed by atoms with van der Waals surface area (Å²) in [6, 6.07) is 10.3. The molecule has 0 saturated heterocycles. The summed E-state index contributed by atoms with van der Waals surface area (Å²) in [5.74, 6) is -0.251. The molecule has 0 fully saturated rings. The molecule has 8 heteroatoms. The summed E-state index contributed by atoms with van der Waals surface area (Å²) in [6.45, 7) is 2.32. The normalized spacial score (nSPS) is 16.2. The Labute approximate surface area is 186 Å².